The van der Waals surface area contributed by atoms with E-state index in [0.717, 1.165) is 11.3 Å². The molecule has 2 aromatic carbocycles. The van der Waals surface area contributed by atoms with E-state index >= 15 is 0 Å². The highest BCUT2D eigenvalue weighted by Crippen LogP contribution is 2.36. The summed E-state index contributed by atoms with van der Waals surface area (Å²) in [6, 6.07) is 18.8. The average molecular weight is 361 g/mol. The van der Waals surface area contributed by atoms with Crippen LogP contribution in [0.1, 0.15) is 22.7 Å². The molecule has 0 bridgehead atoms. The van der Waals surface area contributed by atoms with Crippen LogP contribution in [-0.4, -0.2) is 27.9 Å². The second kappa shape index (κ2) is 8.19. The first kappa shape index (κ1) is 18.2. The monoisotopic (exact) mass is 361 g/mol. The Hall–Kier alpha value is -3.59. The minimum absolute atomic E-state index is 0.0466. The molecule has 3 rings (SSSR count). The molecule has 0 radical (unpaired) electrons. The first-order valence-corrected chi connectivity index (χ1v) is 8.49. The highest BCUT2D eigenvalue weighted by atomic mass is 16.6. The third-order valence-corrected chi connectivity index (χ3v) is 4.24. The lowest BCUT2D eigenvalue weighted by molar-refractivity contribution is -0.481. The molecule has 0 saturated carbocycles. The number of aryl methyl sites for hydroxylation is 1. The van der Waals surface area contributed by atoms with E-state index in [9.17, 15) is 10.1 Å². The van der Waals surface area contributed by atoms with Crippen LogP contribution in [0.3, 0.4) is 0 Å². The number of aromatic nitrogens is 2. The SMILES string of the molecule is C#CCOc1c([C@H](C[N+](=O)[O-])c2ccccc2)c(C)nn1-c1ccccc1. The second-order valence-corrected chi connectivity index (χ2v) is 6.02. The Morgan fingerprint density at radius 3 is 2.41 bits per heavy atom. The van der Waals surface area contributed by atoms with E-state index in [4.69, 9.17) is 11.2 Å². The van der Waals surface area contributed by atoms with Gasteiger partial charge >= 0.3 is 0 Å². The van der Waals surface area contributed by atoms with Crippen LogP contribution in [0.25, 0.3) is 5.69 Å². The molecule has 0 aliphatic rings. The predicted octanol–water partition coefficient (Wildman–Crippen LogP) is 3.60. The molecule has 0 fully saturated rings. The number of rotatable bonds is 7. The van der Waals surface area contributed by atoms with Gasteiger partial charge < -0.3 is 4.74 Å². The van der Waals surface area contributed by atoms with Crippen molar-refractivity contribution >= 4 is 0 Å². The highest BCUT2D eigenvalue weighted by Gasteiger charge is 2.30. The van der Waals surface area contributed by atoms with Gasteiger partial charge in [-0.3, -0.25) is 10.1 Å². The summed E-state index contributed by atoms with van der Waals surface area (Å²) in [5.74, 6) is 2.40. The molecule has 0 aliphatic carbocycles. The summed E-state index contributed by atoms with van der Waals surface area (Å²) in [4.78, 5) is 11.1. The molecule has 1 heterocycles. The fraction of sp³-hybridized carbons (Fsp3) is 0.190. The van der Waals surface area contributed by atoms with Crippen LogP contribution in [0.2, 0.25) is 0 Å². The minimum atomic E-state index is -0.494. The summed E-state index contributed by atoms with van der Waals surface area (Å²) in [6.07, 6.45) is 5.38. The standard InChI is InChI=1S/C21H19N3O3/c1-3-14-27-21-20(16(2)22-24(21)18-12-8-5-9-13-18)19(15-23(25)26)17-10-6-4-7-11-17/h1,4-13,19H,14-15H2,2H3/t19-/m1/s1. The highest BCUT2D eigenvalue weighted by molar-refractivity contribution is 5.46. The zero-order valence-corrected chi connectivity index (χ0v) is 14.9. The average Bonchev–Trinajstić information content (AvgIpc) is 3.01. The van der Waals surface area contributed by atoms with Gasteiger partial charge in [0.2, 0.25) is 12.4 Å². The fourth-order valence-electron chi connectivity index (χ4n) is 3.11. The number of hydrogen-bond acceptors (Lipinski definition) is 4. The summed E-state index contributed by atoms with van der Waals surface area (Å²) in [5, 5.41) is 16.0. The molecule has 27 heavy (non-hydrogen) atoms. The lowest BCUT2D eigenvalue weighted by Gasteiger charge is -2.16. The van der Waals surface area contributed by atoms with Crippen LogP contribution < -0.4 is 4.74 Å². The van der Waals surface area contributed by atoms with Crippen LogP contribution in [0.4, 0.5) is 0 Å². The lowest BCUT2D eigenvalue weighted by atomic mass is 9.91. The van der Waals surface area contributed by atoms with Crippen LogP contribution in [-0.2, 0) is 0 Å². The molecule has 1 atom stereocenters. The van der Waals surface area contributed by atoms with E-state index in [0.29, 0.717) is 17.1 Å². The molecule has 1 aromatic heterocycles. The van der Waals surface area contributed by atoms with Crippen molar-refractivity contribution in [2.24, 2.45) is 0 Å². The van der Waals surface area contributed by atoms with Gasteiger partial charge in [0, 0.05) is 4.92 Å². The molecule has 3 aromatic rings. The topological polar surface area (TPSA) is 70.2 Å². The molecule has 0 unspecified atom stereocenters. The van der Waals surface area contributed by atoms with Gasteiger partial charge in [0.25, 0.3) is 0 Å². The fourth-order valence-corrected chi connectivity index (χ4v) is 3.11. The van der Waals surface area contributed by atoms with Crippen LogP contribution in [0, 0.1) is 29.4 Å². The van der Waals surface area contributed by atoms with E-state index in [1.54, 1.807) is 4.68 Å². The minimum Gasteiger partial charge on any atom is -0.464 e. The Morgan fingerprint density at radius 1 is 1.19 bits per heavy atom. The number of nitro groups is 1. The van der Waals surface area contributed by atoms with E-state index in [2.05, 4.69) is 11.0 Å². The smallest absolute Gasteiger partial charge is 0.222 e. The zero-order valence-electron chi connectivity index (χ0n) is 14.9. The maximum absolute atomic E-state index is 11.4. The largest absolute Gasteiger partial charge is 0.464 e. The molecule has 6 heteroatoms. The molecule has 136 valence electrons. The van der Waals surface area contributed by atoms with Gasteiger partial charge in [-0.25, -0.2) is 4.68 Å². The molecular formula is C21H19N3O3. The molecule has 0 aliphatic heterocycles. The number of benzene rings is 2. The van der Waals surface area contributed by atoms with Crippen molar-refractivity contribution in [3.63, 3.8) is 0 Å². The van der Waals surface area contributed by atoms with Gasteiger partial charge in [0.05, 0.1) is 22.9 Å². The van der Waals surface area contributed by atoms with Crippen molar-refractivity contribution in [1.82, 2.24) is 9.78 Å². The Balaban J connectivity index is 2.18. The molecule has 0 saturated heterocycles. The lowest BCUT2D eigenvalue weighted by Crippen LogP contribution is -2.16. The molecule has 0 N–H and O–H groups in total. The van der Waals surface area contributed by atoms with Crippen molar-refractivity contribution in [3.8, 4) is 23.9 Å². The normalized spacial score (nSPS) is 11.6. The summed E-state index contributed by atoms with van der Waals surface area (Å²) in [6.45, 7) is 1.61. The summed E-state index contributed by atoms with van der Waals surface area (Å²) in [7, 11) is 0. The Morgan fingerprint density at radius 2 is 1.81 bits per heavy atom. The van der Waals surface area contributed by atoms with Crippen LogP contribution >= 0.6 is 0 Å². The van der Waals surface area contributed by atoms with Crippen molar-refractivity contribution in [2.45, 2.75) is 12.8 Å². The van der Waals surface area contributed by atoms with Crippen molar-refractivity contribution in [1.29, 1.82) is 0 Å². The van der Waals surface area contributed by atoms with Crippen molar-refractivity contribution in [2.75, 3.05) is 13.2 Å². The van der Waals surface area contributed by atoms with E-state index in [1.807, 2.05) is 67.6 Å². The maximum atomic E-state index is 11.4. The van der Waals surface area contributed by atoms with Crippen molar-refractivity contribution < 1.29 is 9.66 Å². The van der Waals surface area contributed by atoms with Gasteiger partial charge in [-0.05, 0) is 24.6 Å². The predicted molar refractivity (Wildman–Crippen MR) is 103 cm³/mol. The van der Waals surface area contributed by atoms with E-state index in [1.165, 1.54) is 0 Å². The Kier molecular flexibility index (Phi) is 5.53. The van der Waals surface area contributed by atoms with Gasteiger partial charge in [-0.1, -0.05) is 54.5 Å². The quantitative estimate of drug-likeness (QED) is 0.366. The Labute approximate surface area is 157 Å². The number of hydrogen-bond donors (Lipinski definition) is 0. The third kappa shape index (κ3) is 3.98. The first-order chi connectivity index (χ1) is 13.1. The number of terminal acetylenes is 1. The van der Waals surface area contributed by atoms with Gasteiger partial charge in [0.15, 0.2) is 6.61 Å². The number of ether oxygens (including phenoxy) is 1. The van der Waals surface area contributed by atoms with Gasteiger partial charge in [-0.15, -0.1) is 6.42 Å². The van der Waals surface area contributed by atoms with Crippen LogP contribution in [0.5, 0.6) is 5.88 Å². The van der Waals surface area contributed by atoms with E-state index in [-0.39, 0.29) is 18.1 Å². The van der Waals surface area contributed by atoms with Gasteiger partial charge in [0.1, 0.15) is 0 Å². The zero-order chi connectivity index (χ0) is 19.2. The molecule has 6 nitrogen and oxygen atoms in total. The summed E-state index contributed by atoms with van der Waals surface area (Å²) < 4.78 is 7.47. The first-order valence-electron chi connectivity index (χ1n) is 8.49. The summed E-state index contributed by atoms with van der Waals surface area (Å²) in [5.41, 5.74) is 2.97. The third-order valence-electron chi connectivity index (χ3n) is 4.24. The maximum Gasteiger partial charge on any atom is 0.222 e. The van der Waals surface area contributed by atoms with Crippen LogP contribution in [0.15, 0.2) is 60.7 Å². The van der Waals surface area contributed by atoms with Gasteiger partial charge in [-0.2, -0.15) is 5.10 Å². The molecule has 0 amide bonds. The second-order valence-electron chi connectivity index (χ2n) is 6.02. The van der Waals surface area contributed by atoms with Crippen molar-refractivity contribution in [3.05, 3.63) is 87.6 Å². The number of para-hydroxylation sites is 1. The number of nitrogens with zero attached hydrogens (tertiary/aromatic N) is 3. The molecule has 0 spiro atoms. The molecular weight excluding hydrogens is 342 g/mol. The van der Waals surface area contributed by atoms with E-state index < -0.39 is 5.92 Å². The Bertz CT molecular complexity index is 960. The summed E-state index contributed by atoms with van der Waals surface area (Å²) >= 11 is 0.